The number of phenols is 1. The summed E-state index contributed by atoms with van der Waals surface area (Å²) < 4.78 is 5.17. The lowest BCUT2D eigenvalue weighted by Crippen LogP contribution is -2.14. The van der Waals surface area contributed by atoms with Crippen LogP contribution in [-0.2, 0) is 13.1 Å². The van der Waals surface area contributed by atoms with Gasteiger partial charge in [0.1, 0.15) is 5.75 Å². The van der Waals surface area contributed by atoms with Crippen molar-refractivity contribution >= 4 is 11.6 Å². The van der Waals surface area contributed by atoms with E-state index in [0.717, 1.165) is 5.56 Å². The number of aromatic hydroxyl groups is 1. The lowest BCUT2D eigenvalue weighted by molar-refractivity contribution is 0.390. The van der Waals surface area contributed by atoms with E-state index in [2.05, 4.69) is 10.3 Å². The van der Waals surface area contributed by atoms with Crippen LogP contribution >= 0.6 is 11.6 Å². The van der Waals surface area contributed by atoms with E-state index in [0.29, 0.717) is 29.6 Å². The highest BCUT2D eigenvalue weighted by Gasteiger charge is 2.07. The fourth-order valence-electron chi connectivity index (χ4n) is 1.79. The number of nitrogens with zero attached hydrogens (tertiary/aromatic N) is 1. The third-order valence-corrected chi connectivity index (χ3v) is 3.11. The van der Waals surface area contributed by atoms with Crippen LogP contribution in [0.2, 0.25) is 5.02 Å². The van der Waals surface area contributed by atoms with Crippen molar-refractivity contribution in [1.29, 1.82) is 0 Å². The number of ether oxygens (including phenoxy) is 1. The summed E-state index contributed by atoms with van der Waals surface area (Å²) in [4.78, 5) is 4.12. The maximum absolute atomic E-state index is 9.73. The molecule has 1 aromatic heterocycles. The highest BCUT2D eigenvalue weighted by molar-refractivity contribution is 6.31. The fraction of sp³-hybridized carbons (Fsp3) is 0.214. The Kier molecular flexibility index (Phi) is 4.60. The van der Waals surface area contributed by atoms with E-state index in [1.807, 2.05) is 12.1 Å². The van der Waals surface area contributed by atoms with Crippen LogP contribution in [0.25, 0.3) is 0 Å². The number of phenolic OH excluding ortho intramolecular Hbond substituents is 1. The smallest absolute Gasteiger partial charge is 0.217 e. The standard InChI is InChI=1S/C14H15ClN2O2/c1-19-14-10(4-3-7-17-14)8-16-9-11-12(15)5-2-6-13(11)18/h2-7,16,18H,8-9H2,1H3. The molecule has 1 aromatic carbocycles. The molecule has 19 heavy (non-hydrogen) atoms. The van der Waals surface area contributed by atoms with Crippen molar-refractivity contribution in [2.45, 2.75) is 13.1 Å². The van der Waals surface area contributed by atoms with Crippen molar-refractivity contribution in [3.8, 4) is 11.6 Å². The summed E-state index contributed by atoms with van der Waals surface area (Å²) in [6.45, 7) is 1.06. The number of aromatic nitrogens is 1. The average Bonchev–Trinajstić information content (AvgIpc) is 2.42. The van der Waals surface area contributed by atoms with Gasteiger partial charge in [-0.2, -0.15) is 0 Å². The van der Waals surface area contributed by atoms with E-state index >= 15 is 0 Å². The number of hydrogen-bond acceptors (Lipinski definition) is 4. The molecule has 2 rings (SSSR count). The number of hydrogen-bond donors (Lipinski definition) is 2. The molecule has 2 aromatic rings. The third kappa shape index (κ3) is 3.36. The predicted octanol–water partition coefficient (Wildman–Crippen LogP) is 2.74. The number of methoxy groups -OCH3 is 1. The molecule has 0 amide bonds. The van der Waals surface area contributed by atoms with Gasteiger partial charge in [-0.25, -0.2) is 4.98 Å². The van der Waals surface area contributed by atoms with Gasteiger partial charge in [0, 0.05) is 35.4 Å². The Morgan fingerprint density at radius 3 is 2.84 bits per heavy atom. The van der Waals surface area contributed by atoms with Crippen LogP contribution in [0.15, 0.2) is 36.5 Å². The molecule has 0 saturated heterocycles. The van der Waals surface area contributed by atoms with Crippen LogP contribution < -0.4 is 10.1 Å². The first-order chi connectivity index (χ1) is 9.22. The Labute approximate surface area is 117 Å². The van der Waals surface area contributed by atoms with Gasteiger partial charge in [0.25, 0.3) is 0 Å². The summed E-state index contributed by atoms with van der Waals surface area (Å²) in [5.74, 6) is 0.788. The predicted molar refractivity (Wildman–Crippen MR) is 74.4 cm³/mol. The van der Waals surface area contributed by atoms with Crippen molar-refractivity contribution < 1.29 is 9.84 Å². The normalized spacial score (nSPS) is 10.4. The Bertz CT molecular complexity index is 541. The molecule has 4 nitrogen and oxygen atoms in total. The van der Waals surface area contributed by atoms with Crippen molar-refractivity contribution in [3.63, 3.8) is 0 Å². The van der Waals surface area contributed by atoms with E-state index in [-0.39, 0.29) is 5.75 Å². The second kappa shape index (κ2) is 6.41. The minimum atomic E-state index is 0.193. The molecular formula is C14H15ClN2O2. The second-order valence-corrected chi connectivity index (χ2v) is 4.42. The van der Waals surface area contributed by atoms with Gasteiger partial charge in [0.2, 0.25) is 5.88 Å². The van der Waals surface area contributed by atoms with Gasteiger partial charge in [-0.15, -0.1) is 0 Å². The van der Waals surface area contributed by atoms with Gasteiger partial charge in [-0.05, 0) is 18.2 Å². The summed E-state index contributed by atoms with van der Waals surface area (Å²) >= 11 is 6.03. The molecule has 2 N–H and O–H groups in total. The molecular weight excluding hydrogens is 264 g/mol. The van der Waals surface area contributed by atoms with E-state index in [1.54, 1.807) is 31.5 Å². The third-order valence-electron chi connectivity index (χ3n) is 2.75. The van der Waals surface area contributed by atoms with Gasteiger partial charge in [0.15, 0.2) is 0 Å². The lowest BCUT2D eigenvalue weighted by Gasteiger charge is -2.10. The molecule has 0 aliphatic rings. The van der Waals surface area contributed by atoms with Gasteiger partial charge >= 0.3 is 0 Å². The van der Waals surface area contributed by atoms with E-state index in [9.17, 15) is 5.11 Å². The molecule has 0 radical (unpaired) electrons. The van der Waals surface area contributed by atoms with Gasteiger partial charge in [0.05, 0.1) is 7.11 Å². The number of rotatable bonds is 5. The number of benzene rings is 1. The Hall–Kier alpha value is -1.78. The molecule has 0 saturated carbocycles. The maximum atomic E-state index is 9.73. The van der Waals surface area contributed by atoms with Crippen LogP contribution in [-0.4, -0.2) is 17.2 Å². The summed E-state index contributed by atoms with van der Waals surface area (Å²) in [5, 5.41) is 13.5. The summed E-state index contributed by atoms with van der Waals surface area (Å²) in [5.41, 5.74) is 1.64. The molecule has 0 aliphatic heterocycles. The van der Waals surface area contributed by atoms with Crippen molar-refractivity contribution in [2.24, 2.45) is 0 Å². The van der Waals surface area contributed by atoms with Crippen LogP contribution in [0.1, 0.15) is 11.1 Å². The first kappa shape index (κ1) is 13.6. The molecule has 100 valence electrons. The number of halogens is 1. The van der Waals surface area contributed by atoms with Gasteiger partial charge < -0.3 is 15.2 Å². The highest BCUT2D eigenvalue weighted by atomic mass is 35.5. The molecule has 0 aliphatic carbocycles. The van der Waals surface area contributed by atoms with Crippen molar-refractivity contribution in [3.05, 3.63) is 52.7 Å². The average molecular weight is 279 g/mol. The molecule has 0 spiro atoms. The second-order valence-electron chi connectivity index (χ2n) is 4.01. The van der Waals surface area contributed by atoms with Crippen LogP contribution in [0, 0.1) is 0 Å². The fourth-order valence-corrected chi connectivity index (χ4v) is 2.02. The monoisotopic (exact) mass is 278 g/mol. The largest absolute Gasteiger partial charge is 0.508 e. The minimum Gasteiger partial charge on any atom is -0.508 e. The quantitative estimate of drug-likeness (QED) is 0.883. The van der Waals surface area contributed by atoms with Crippen LogP contribution in [0.5, 0.6) is 11.6 Å². The summed E-state index contributed by atoms with van der Waals surface area (Å²) in [7, 11) is 1.59. The van der Waals surface area contributed by atoms with Gasteiger partial charge in [-0.1, -0.05) is 23.7 Å². The van der Waals surface area contributed by atoms with Gasteiger partial charge in [-0.3, -0.25) is 0 Å². The molecule has 0 bridgehead atoms. The summed E-state index contributed by atoms with van der Waals surface area (Å²) in [6, 6.07) is 8.87. The maximum Gasteiger partial charge on any atom is 0.217 e. The number of pyridine rings is 1. The lowest BCUT2D eigenvalue weighted by atomic mass is 10.2. The topological polar surface area (TPSA) is 54.4 Å². The summed E-state index contributed by atoms with van der Waals surface area (Å²) in [6.07, 6.45) is 1.68. The Morgan fingerprint density at radius 1 is 1.26 bits per heavy atom. The molecule has 5 heteroatoms. The van der Waals surface area contributed by atoms with E-state index in [4.69, 9.17) is 16.3 Å². The zero-order chi connectivity index (χ0) is 13.7. The van der Waals surface area contributed by atoms with Crippen LogP contribution in [0.4, 0.5) is 0 Å². The minimum absolute atomic E-state index is 0.193. The molecule has 0 fully saturated rings. The Balaban J connectivity index is 2.00. The zero-order valence-corrected chi connectivity index (χ0v) is 11.3. The molecule has 0 unspecified atom stereocenters. The van der Waals surface area contributed by atoms with Crippen molar-refractivity contribution in [1.82, 2.24) is 10.3 Å². The molecule has 1 heterocycles. The van der Waals surface area contributed by atoms with E-state index < -0.39 is 0 Å². The zero-order valence-electron chi connectivity index (χ0n) is 10.6. The number of nitrogens with one attached hydrogen (secondary N) is 1. The van der Waals surface area contributed by atoms with E-state index in [1.165, 1.54) is 0 Å². The first-order valence-electron chi connectivity index (χ1n) is 5.87. The van der Waals surface area contributed by atoms with Crippen LogP contribution in [0.3, 0.4) is 0 Å². The Morgan fingerprint density at radius 2 is 2.11 bits per heavy atom. The first-order valence-corrected chi connectivity index (χ1v) is 6.25. The van der Waals surface area contributed by atoms with Crippen molar-refractivity contribution in [2.75, 3.05) is 7.11 Å². The SMILES string of the molecule is COc1ncccc1CNCc1c(O)cccc1Cl. The highest BCUT2D eigenvalue weighted by Crippen LogP contribution is 2.25. The molecule has 0 atom stereocenters.